The first-order valence-corrected chi connectivity index (χ1v) is 13.4. The normalized spacial score (nSPS) is 16.7. The number of ether oxygens (including phenoxy) is 3. The highest BCUT2D eigenvalue weighted by Gasteiger charge is 2.54. The standard InChI is InChI=1S/C33H39NO5/c1-22(2)21-39-28-15-11-14-27-25(28)20-33(31(36)38-7,19-23-12-9-8-10-13-23)34(27)30(35)24-16-17-26(32(3,4)5)29(18-24)37-6/h8-18,22H,19-21H2,1-7H3. The minimum Gasteiger partial charge on any atom is -0.496 e. The molecule has 0 spiro atoms. The molecule has 3 aromatic carbocycles. The summed E-state index contributed by atoms with van der Waals surface area (Å²) in [6.45, 7) is 11.0. The summed E-state index contributed by atoms with van der Waals surface area (Å²) < 4.78 is 17.3. The van der Waals surface area contributed by atoms with Gasteiger partial charge < -0.3 is 14.2 Å². The molecule has 6 heteroatoms. The van der Waals surface area contributed by atoms with Gasteiger partial charge in [0.2, 0.25) is 0 Å². The number of nitrogens with zero attached hydrogens (tertiary/aromatic N) is 1. The first-order chi connectivity index (χ1) is 18.5. The van der Waals surface area contributed by atoms with Crippen molar-refractivity contribution in [1.29, 1.82) is 0 Å². The van der Waals surface area contributed by atoms with Gasteiger partial charge in [-0.3, -0.25) is 9.69 Å². The summed E-state index contributed by atoms with van der Waals surface area (Å²) in [5, 5.41) is 0. The molecule has 1 amide bonds. The number of anilines is 1. The number of hydrogen-bond acceptors (Lipinski definition) is 5. The molecule has 1 aliphatic rings. The molecule has 6 nitrogen and oxygen atoms in total. The van der Waals surface area contributed by atoms with Crippen LogP contribution in [0.2, 0.25) is 0 Å². The molecule has 0 aromatic heterocycles. The first kappa shape index (κ1) is 28.2. The van der Waals surface area contributed by atoms with Gasteiger partial charge >= 0.3 is 5.97 Å². The molecule has 0 aliphatic carbocycles. The number of esters is 1. The zero-order valence-corrected chi connectivity index (χ0v) is 24.0. The van der Waals surface area contributed by atoms with E-state index in [2.05, 4.69) is 34.6 Å². The number of fused-ring (bicyclic) bond motifs is 1. The summed E-state index contributed by atoms with van der Waals surface area (Å²) in [6.07, 6.45) is 0.572. The Balaban J connectivity index is 1.90. The van der Waals surface area contributed by atoms with Crippen molar-refractivity contribution < 1.29 is 23.8 Å². The van der Waals surface area contributed by atoms with Crippen LogP contribution in [0.4, 0.5) is 5.69 Å². The average Bonchev–Trinajstić information content (AvgIpc) is 3.25. The van der Waals surface area contributed by atoms with Crippen LogP contribution in [0.1, 0.15) is 61.7 Å². The lowest BCUT2D eigenvalue weighted by atomic mass is 9.85. The van der Waals surface area contributed by atoms with E-state index >= 15 is 0 Å². The number of amides is 1. The fraction of sp³-hybridized carbons (Fsp3) is 0.394. The van der Waals surface area contributed by atoms with Crippen LogP contribution in [0.15, 0.2) is 66.7 Å². The highest BCUT2D eigenvalue weighted by Crippen LogP contribution is 2.47. The van der Waals surface area contributed by atoms with Crippen molar-refractivity contribution in [3.05, 3.63) is 89.0 Å². The van der Waals surface area contributed by atoms with Crippen molar-refractivity contribution in [3.63, 3.8) is 0 Å². The predicted molar refractivity (Wildman–Crippen MR) is 154 cm³/mol. The lowest BCUT2D eigenvalue weighted by molar-refractivity contribution is -0.146. The summed E-state index contributed by atoms with van der Waals surface area (Å²) >= 11 is 0. The molecule has 1 atom stereocenters. The summed E-state index contributed by atoms with van der Waals surface area (Å²) in [4.78, 5) is 29.8. The molecule has 3 aromatic rings. The zero-order valence-electron chi connectivity index (χ0n) is 24.0. The monoisotopic (exact) mass is 529 g/mol. The van der Waals surface area contributed by atoms with Gasteiger partial charge in [0.15, 0.2) is 5.54 Å². The molecule has 1 aliphatic heterocycles. The Morgan fingerprint density at radius 2 is 1.67 bits per heavy atom. The first-order valence-electron chi connectivity index (χ1n) is 13.4. The van der Waals surface area contributed by atoms with Crippen molar-refractivity contribution in [2.75, 3.05) is 25.7 Å². The molecule has 1 heterocycles. The van der Waals surface area contributed by atoms with E-state index in [4.69, 9.17) is 14.2 Å². The van der Waals surface area contributed by atoms with Gasteiger partial charge in [-0.15, -0.1) is 0 Å². The minimum atomic E-state index is -1.29. The Labute approximate surface area is 231 Å². The number of hydrogen-bond donors (Lipinski definition) is 0. The molecule has 0 bridgehead atoms. The van der Waals surface area contributed by atoms with Gasteiger partial charge in [0.05, 0.1) is 26.5 Å². The van der Waals surface area contributed by atoms with Crippen LogP contribution in [0.25, 0.3) is 0 Å². The van der Waals surface area contributed by atoms with Crippen molar-refractivity contribution in [2.24, 2.45) is 5.92 Å². The van der Waals surface area contributed by atoms with Crippen LogP contribution in [-0.4, -0.2) is 38.2 Å². The van der Waals surface area contributed by atoms with Crippen LogP contribution < -0.4 is 14.4 Å². The number of rotatable bonds is 8. The van der Waals surface area contributed by atoms with Crippen molar-refractivity contribution in [1.82, 2.24) is 0 Å². The van der Waals surface area contributed by atoms with Crippen LogP contribution in [0, 0.1) is 5.92 Å². The number of carbonyl (C=O) groups is 2. The maximum atomic E-state index is 14.5. The smallest absolute Gasteiger partial charge is 0.332 e. The van der Waals surface area contributed by atoms with Gasteiger partial charge in [-0.05, 0) is 46.7 Å². The van der Waals surface area contributed by atoms with Gasteiger partial charge in [-0.2, -0.15) is 0 Å². The SMILES string of the molecule is COC(=O)C1(Cc2ccccc2)Cc2c(OCC(C)C)cccc2N1C(=O)c1ccc(C(C)(C)C)c(OC)c1. The number of benzene rings is 3. The third kappa shape index (κ3) is 5.51. The Morgan fingerprint density at radius 3 is 2.28 bits per heavy atom. The van der Waals surface area contributed by atoms with Gasteiger partial charge in [0.1, 0.15) is 11.5 Å². The second-order valence-corrected chi connectivity index (χ2v) is 11.6. The molecule has 0 radical (unpaired) electrons. The Kier molecular flexibility index (Phi) is 8.05. The topological polar surface area (TPSA) is 65.1 Å². The van der Waals surface area contributed by atoms with Crippen LogP contribution >= 0.6 is 0 Å². The highest BCUT2D eigenvalue weighted by molar-refractivity contribution is 6.13. The van der Waals surface area contributed by atoms with Gasteiger partial charge in [-0.1, -0.05) is 77.1 Å². The van der Waals surface area contributed by atoms with E-state index in [0.717, 1.165) is 16.7 Å². The highest BCUT2D eigenvalue weighted by atomic mass is 16.5. The van der Waals surface area contributed by atoms with Crippen molar-refractivity contribution in [2.45, 2.75) is 58.4 Å². The minimum absolute atomic E-state index is 0.168. The molecule has 0 N–H and O–H groups in total. The Morgan fingerprint density at radius 1 is 0.949 bits per heavy atom. The maximum Gasteiger partial charge on any atom is 0.332 e. The van der Waals surface area contributed by atoms with Crippen LogP contribution in [-0.2, 0) is 27.8 Å². The summed E-state index contributed by atoms with van der Waals surface area (Å²) in [7, 11) is 2.98. The number of methoxy groups -OCH3 is 2. The van der Waals surface area contributed by atoms with Crippen LogP contribution in [0.5, 0.6) is 11.5 Å². The summed E-state index contributed by atoms with van der Waals surface area (Å²) in [5.74, 6) is 0.870. The van der Waals surface area contributed by atoms with E-state index in [9.17, 15) is 9.59 Å². The predicted octanol–water partition coefficient (Wildman–Crippen LogP) is 6.38. The fourth-order valence-electron chi connectivity index (χ4n) is 5.31. The molecule has 4 rings (SSSR count). The molecule has 0 saturated heterocycles. The van der Waals surface area contributed by atoms with E-state index in [-0.39, 0.29) is 17.7 Å². The van der Waals surface area contributed by atoms with E-state index in [1.165, 1.54) is 7.11 Å². The quantitative estimate of drug-likeness (QED) is 0.317. The van der Waals surface area contributed by atoms with Gasteiger partial charge in [0, 0.05) is 24.0 Å². The van der Waals surface area contributed by atoms with Crippen LogP contribution in [0.3, 0.4) is 0 Å². The molecule has 0 saturated carbocycles. The second-order valence-electron chi connectivity index (χ2n) is 11.6. The largest absolute Gasteiger partial charge is 0.496 e. The molecule has 39 heavy (non-hydrogen) atoms. The summed E-state index contributed by atoms with van der Waals surface area (Å²) in [5.41, 5.74) is 2.38. The molecule has 0 fully saturated rings. The van der Waals surface area contributed by atoms with E-state index < -0.39 is 11.5 Å². The Bertz CT molecular complexity index is 1340. The lowest BCUT2D eigenvalue weighted by Crippen LogP contribution is -2.58. The second kappa shape index (κ2) is 11.1. The van der Waals surface area contributed by atoms with E-state index in [1.807, 2.05) is 60.7 Å². The van der Waals surface area contributed by atoms with E-state index in [1.54, 1.807) is 18.1 Å². The van der Waals surface area contributed by atoms with Gasteiger partial charge in [0.25, 0.3) is 5.91 Å². The third-order valence-electron chi connectivity index (χ3n) is 7.18. The van der Waals surface area contributed by atoms with E-state index in [0.29, 0.717) is 41.7 Å². The maximum absolute atomic E-state index is 14.5. The van der Waals surface area contributed by atoms with Crippen molar-refractivity contribution >= 4 is 17.6 Å². The molecular weight excluding hydrogens is 490 g/mol. The van der Waals surface area contributed by atoms with Crippen molar-refractivity contribution in [3.8, 4) is 11.5 Å². The third-order valence-corrected chi connectivity index (χ3v) is 7.18. The molecule has 206 valence electrons. The lowest BCUT2D eigenvalue weighted by Gasteiger charge is -2.36. The number of carbonyl (C=O) groups excluding carboxylic acids is 2. The van der Waals surface area contributed by atoms with Gasteiger partial charge in [-0.25, -0.2) is 4.79 Å². The molecular formula is C33H39NO5. The zero-order chi connectivity index (χ0) is 28.4. The fourth-order valence-corrected chi connectivity index (χ4v) is 5.31. The Hall–Kier alpha value is -3.80. The summed E-state index contributed by atoms with van der Waals surface area (Å²) in [6, 6.07) is 20.9. The average molecular weight is 530 g/mol. The molecule has 1 unspecified atom stereocenters.